The van der Waals surface area contributed by atoms with Gasteiger partial charge in [0.05, 0.1) is 12.1 Å². The third-order valence-electron chi connectivity index (χ3n) is 4.24. The second kappa shape index (κ2) is 5.36. The molecule has 4 nitrogen and oxygen atoms in total. The van der Waals surface area contributed by atoms with Crippen molar-refractivity contribution in [1.29, 1.82) is 0 Å². The number of amides is 1. The molecule has 2 N–H and O–H groups in total. The number of carbonyl (C=O) groups is 1. The van der Waals surface area contributed by atoms with Crippen LogP contribution in [0.1, 0.15) is 39.0 Å². The quantitative estimate of drug-likeness (QED) is 0.765. The predicted octanol–water partition coefficient (Wildman–Crippen LogP) is 0.746. The SMILES string of the molecule is CNC1CCC2CCCC2N(CC(C)O)C1=O. The van der Waals surface area contributed by atoms with Gasteiger partial charge >= 0.3 is 0 Å². The molecule has 98 valence electrons. The summed E-state index contributed by atoms with van der Waals surface area (Å²) in [6, 6.07) is 0.315. The van der Waals surface area contributed by atoms with Crippen LogP contribution in [-0.4, -0.2) is 47.7 Å². The third kappa shape index (κ3) is 2.63. The van der Waals surface area contributed by atoms with Crippen molar-refractivity contribution in [3.05, 3.63) is 0 Å². The lowest BCUT2D eigenvalue weighted by atomic mass is 9.97. The van der Waals surface area contributed by atoms with Gasteiger partial charge in [-0.05, 0) is 45.6 Å². The number of carbonyl (C=O) groups excluding carboxylic acids is 1. The molecule has 2 fully saturated rings. The van der Waals surface area contributed by atoms with Gasteiger partial charge in [-0.3, -0.25) is 4.79 Å². The average molecular weight is 240 g/mol. The van der Waals surface area contributed by atoms with E-state index in [1.54, 1.807) is 6.92 Å². The lowest BCUT2D eigenvalue weighted by Crippen LogP contribution is -2.50. The topological polar surface area (TPSA) is 52.6 Å². The van der Waals surface area contributed by atoms with Gasteiger partial charge in [-0.25, -0.2) is 0 Å². The van der Waals surface area contributed by atoms with Crippen molar-refractivity contribution < 1.29 is 9.90 Å². The highest BCUT2D eigenvalue weighted by atomic mass is 16.3. The zero-order valence-corrected chi connectivity index (χ0v) is 10.9. The summed E-state index contributed by atoms with van der Waals surface area (Å²) in [4.78, 5) is 14.3. The van der Waals surface area contributed by atoms with Crippen molar-refractivity contribution in [2.75, 3.05) is 13.6 Å². The molecule has 0 bridgehead atoms. The molecule has 2 aliphatic rings. The van der Waals surface area contributed by atoms with E-state index < -0.39 is 6.10 Å². The molecule has 0 aromatic heterocycles. The minimum absolute atomic E-state index is 0.0562. The van der Waals surface area contributed by atoms with Crippen LogP contribution in [0.4, 0.5) is 0 Å². The van der Waals surface area contributed by atoms with E-state index in [4.69, 9.17) is 0 Å². The first kappa shape index (κ1) is 12.8. The maximum absolute atomic E-state index is 12.4. The largest absolute Gasteiger partial charge is 0.392 e. The first-order chi connectivity index (χ1) is 8.13. The van der Waals surface area contributed by atoms with Crippen LogP contribution in [0.15, 0.2) is 0 Å². The summed E-state index contributed by atoms with van der Waals surface area (Å²) in [5.74, 6) is 0.832. The van der Waals surface area contributed by atoms with Crippen LogP contribution >= 0.6 is 0 Å². The van der Waals surface area contributed by atoms with Crippen molar-refractivity contribution >= 4 is 5.91 Å². The van der Waals surface area contributed by atoms with Gasteiger partial charge in [-0.2, -0.15) is 0 Å². The van der Waals surface area contributed by atoms with E-state index in [0.717, 1.165) is 19.3 Å². The molecule has 4 unspecified atom stereocenters. The van der Waals surface area contributed by atoms with Crippen LogP contribution < -0.4 is 5.32 Å². The predicted molar refractivity (Wildman–Crippen MR) is 66.6 cm³/mol. The minimum atomic E-state index is -0.434. The molecule has 0 spiro atoms. The van der Waals surface area contributed by atoms with E-state index in [0.29, 0.717) is 18.5 Å². The number of hydrogen-bond donors (Lipinski definition) is 2. The molecule has 2 rings (SSSR count). The van der Waals surface area contributed by atoms with Gasteiger partial charge in [0.2, 0.25) is 5.91 Å². The van der Waals surface area contributed by atoms with Crippen molar-refractivity contribution in [3.8, 4) is 0 Å². The molecule has 1 aliphatic carbocycles. The Morgan fingerprint density at radius 2 is 2.18 bits per heavy atom. The van der Waals surface area contributed by atoms with E-state index in [1.165, 1.54) is 12.8 Å². The molecule has 1 amide bonds. The Kier molecular flexibility index (Phi) is 4.05. The number of β-amino-alcohol motifs (C(OH)–C–C–N with tert-alkyl or cyclic N) is 1. The van der Waals surface area contributed by atoms with Gasteiger partial charge in [0.1, 0.15) is 0 Å². The summed E-state index contributed by atoms with van der Waals surface area (Å²) in [6.07, 6.45) is 5.22. The van der Waals surface area contributed by atoms with Crippen molar-refractivity contribution in [2.24, 2.45) is 5.92 Å². The molecule has 17 heavy (non-hydrogen) atoms. The maximum Gasteiger partial charge on any atom is 0.240 e. The standard InChI is InChI=1S/C13H24N2O2/c1-9(16)8-15-12-5-3-4-10(12)6-7-11(14-2)13(15)17/h9-12,14,16H,3-8H2,1-2H3. The molecule has 0 aromatic rings. The summed E-state index contributed by atoms with van der Waals surface area (Å²) >= 11 is 0. The van der Waals surface area contributed by atoms with Crippen LogP contribution in [0.25, 0.3) is 0 Å². The monoisotopic (exact) mass is 240 g/mol. The number of rotatable bonds is 3. The lowest BCUT2D eigenvalue weighted by molar-refractivity contribution is -0.136. The normalized spacial score (nSPS) is 35.6. The second-order valence-corrected chi connectivity index (χ2v) is 5.52. The summed E-state index contributed by atoms with van der Waals surface area (Å²) in [5.41, 5.74) is 0. The first-order valence-electron chi connectivity index (χ1n) is 6.79. The Morgan fingerprint density at radius 3 is 2.82 bits per heavy atom. The number of likely N-dealkylation sites (tertiary alicyclic amines) is 1. The van der Waals surface area contributed by atoms with Gasteiger partial charge in [-0.1, -0.05) is 6.42 Å². The van der Waals surface area contributed by atoms with Crippen molar-refractivity contribution in [2.45, 2.75) is 57.2 Å². The Hall–Kier alpha value is -0.610. The highest BCUT2D eigenvalue weighted by Crippen LogP contribution is 2.36. The molecule has 1 saturated carbocycles. The highest BCUT2D eigenvalue weighted by molar-refractivity contribution is 5.82. The number of likely N-dealkylation sites (N-methyl/N-ethyl adjacent to an activating group) is 1. The van der Waals surface area contributed by atoms with Gasteiger partial charge in [-0.15, -0.1) is 0 Å². The number of nitrogens with one attached hydrogen (secondary N) is 1. The Morgan fingerprint density at radius 1 is 1.41 bits per heavy atom. The average Bonchev–Trinajstić information content (AvgIpc) is 2.70. The van der Waals surface area contributed by atoms with Crippen LogP contribution in [-0.2, 0) is 4.79 Å². The van der Waals surface area contributed by atoms with Gasteiger partial charge < -0.3 is 15.3 Å². The smallest absolute Gasteiger partial charge is 0.240 e. The number of aliphatic hydroxyl groups excluding tert-OH is 1. The molecule has 1 heterocycles. The number of fused-ring (bicyclic) bond motifs is 1. The second-order valence-electron chi connectivity index (χ2n) is 5.52. The molecule has 4 atom stereocenters. The van der Waals surface area contributed by atoms with Gasteiger partial charge in [0, 0.05) is 12.6 Å². The first-order valence-corrected chi connectivity index (χ1v) is 6.79. The summed E-state index contributed by atoms with van der Waals surface area (Å²) < 4.78 is 0. The van der Waals surface area contributed by atoms with Crippen LogP contribution in [0.3, 0.4) is 0 Å². The van der Waals surface area contributed by atoms with Gasteiger partial charge in [0.25, 0.3) is 0 Å². The molecule has 0 radical (unpaired) electrons. The van der Waals surface area contributed by atoms with E-state index in [9.17, 15) is 9.90 Å². The maximum atomic E-state index is 12.4. The fourth-order valence-electron chi connectivity index (χ4n) is 3.41. The Bertz CT molecular complexity index is 281. The lowest BCUT2D eigenvalue weighted by Gasteiger charge is -2.33. The molecule has 1 aliphatic heterocycles. The summed E-state index contributed by atoms with van der Waals surface area (Å²) in [7, 11) is 1.85. The number of aliphatic hydroxyl groups is 1. The molecule has 1 saturated heterocycles. The minimum Gasteiger partial charge on any atom is -0.392 e. The highest BCUT2D eigenvalue weighted by Gasteiger charge is 2.40. The van der Waals surface area contributed by atoms with Crippen LogP contribution in [0.2, 0.25) is 0 Å². The third-order valence-corrected chi connectivity index (χ3v) is 4.24. The Labute approximate surface area is 103 Å². The molecule has 4 heteroatoms. The van der Waals surface area contributed by atoms with Crippen molar-refractivity contribution in [3.63, 3.8) is 0 Å². The van der Waals surface area contributed by atoms with E-state index >= 15 is 0 Å². The van der Waals surface area contributed by atoms with Crippen LogP contribution in [0, 0.1) is 5.92 Å². The zero-order valence-electron chi connectivity index (χ0n) is 10.9. The van der Waals surface area contributed by atoms with Crippen molar-refractivity contribution in [1.82, 2.24) is 10.2 Å². The molecule has 0 aromatic carbocycles. The van der Waals surface area contributed by atoms with Crippen LogP contribution in [0.5, 0.6) is 0 Å². The fourth-order valence-corrected chi connectivity index (χ4v) is 3.41. The van der Waals surface area contributed by atoms with E-state index in [1.807, 2.05) is 11.9 Å². The molecular weight excluding hydrogens is 216 g/mol. The van der Waals surface area contributed by atoms with Gasteiger partial charge in [0.15, 0.2) is 0 Å². The molecular formula is C13H24N2O2. The number of hydrogen-bond acceptors (Lipinski definition) is 3. The zero-order chi connectivity index (χ0) is 12.4. The van der Waals surface area contributed by atoms with E-state index in [2.05, 4.69) is 5.32 Å². The number of nitrogens with zero attached hydrogens (tertiary/aromatic N) is 1. The fraction of sp³-hybridized carbons (Fsp3) is 0.923. The summed E-state index contributed by atoms with van der Waals surface area (Å²) in [6.45, 7) is 2.24. The summed E-state index contributed by atoms with van der Waals surface area (Å²) in [5, 5.41) is 12.7. The Balaban J connectivity index is 2.17. The van der Waals surface area contributed by atoms with E-state index in [-0.39, 0.29) is 11.9 Å².